The van der Waals surface area contributed by atoms with E-state index in [4.69, 9.17) is 14.7 Å². The van der Waals surface area contributed by atoms with Crippen LogP contribution in [0.1, 0.15) is 54.1 Å². The first kappa shape index (κ1) is 18.7. The van der Waals surface area contributed by atoms with Crippen molar-refractivity contribution in [3.05, 3.63) is 40.7 Å². The number of aryl methyl sites for hydroxylation is 1. The molecule has 3 rings (SSSR count). The van der Waals surface area contributed by atoms with Gasteiger partial charge in [0.05, 0.1) is 11.8 Å². The quantitative estimate of drug-likeness (QED) is 0.844. The third-order valence-corrected chi connectivity index (χ3v) is 4.75. The summed E-state index contributed by atoms with van der Waals surface area (Å²) in [6, 6.07) is 3.63. The Balaban J connectivity index is 1.72. The molecule has 26 heavy (non-hydrogen) atoms. The summed E-state index contributed by atoms with van der Waals surface area (Å²) in [6.45, 7) is 9.90. The van der Waals surface area contributed by atoms with E-state index in [0.29, 0.717) is 19.5 Å². The van der Waals surface area contributed by atoms with Crippen molar-refractivity contribution >= 4 is 5.91 Å². The number of hydrogen-bond donors (Lipinski definition) is 2. The van der Waals surface area contributed by atoms with Crippen LogP contribution in [0.2, 0.25) is 0 Å². The van der Waals surface area contributed by atoms with E-state index < -0.39 is 12.0 Å². The van der Waals surface area contributed by atoms with Gasteiger partial charge < -0.3 is 19.8 Å². The topological polar surface area (TPSA) is 106 Å². The van der Waals surface area contributed by atoms with Crippen LogP contribution in [0, 0.1) is 12.8 Å². The molecule has 0 saturated carbocycles. The average Bonchev–Trinajstić information content (AvgIpc) is 3.20. The molecule has 3 N–H and O–H groups in total. The van der Waals surface area contributed by atoms with Crippen LogP contribution in [-0.2, 0) is 18.4 Å². The largest absolute Gasteiger partial charge is 0.455 e. The zero-order valence-corrected chi connectivity index (χ0v) is 15.8. The van der Waals surface area contributed by atoms with Crippen molar-refractivity contribution in [1.29, 1.82) is 0 Å². The summed E-state index contributed by atoms with van der Waals surface area (Å²) in [7, 11) is 0. The Labute approximate surface area is 153 Å². The Hall–Kier alpha value is -2.12. The predicted molar refractivity (Wildman–Crippen MR) is 95.6 cm³/mol. The van der Waals surface area contributed by atoms with Crippen LogP contribution in [0.4, 0.5) is 0 Å². The minimum absolute atomic E-state index is 0.0861. The lowest BCUT2D eigenvalue weighted by Gasteiger charge is -2.20. The molecule has 1 fully saturated rings. The molecule has 0 bridgehead atoms. The number of aliphatic hydroxyl groups is 1. The molecule has 1 aliphatic rings. The van der Waals surface area contributed by atoms with E-state index in [0.717, 1.165) is 29.3 Å². The van der Waals surface area contributed by atoms with E-state index in [-0.39, 0.29) is 17.1 Å². The number of aliphatic hydroxyl groups excluding tert-OH is 1. The average molecular weight is 361 g/mol. The highest BCUT2D eigenvalue weighted by molar-refractivity contribution is 5.90. The van der Waals surface area contributed by atoms with Crippen molar-refractivity contribution in [3.8, 4) is 0 Å². The van der Waals surface area contributed by atoms with Crippen LogP contribution in [0.5, 0.6) is 0 Å². The molecular formula is C19H27N3O4. The van der Waals surface area contributed by atoms with Crippen LogP contribution < -0.4 is 5.73 Å². The SMILES string of the molecule is Cc1cc(C[C@@H]2CN(Cc3cc(C(N)=O)oc3C(C)(C)C)C[C@@H]2O)on1. The van der Waals surface area contributed by atoms with Crippen LogP contribution in [0.3, 0.4) is 0 Å². The lowest BCUT2D eigenvalue weighted by atomic mass is 9.90. The van der Waals surface area contributed by atoms with Gasteiger partial charge in [0.2, 0.25) is 0 Å². The first-order chi connectivity index (χ1) is 12.1. The van der Waals surface area contributed by atoms with Gasteiger partial charge in [0.25, 0.3) is 5.91 Å². The fourth-order valence-electron chi connectivity index (χ4n) is 3.59. The summed E-state index contributed by atoms with van der Waals surface area (Å²) in [5.41, 5.74) is 6.92. The number of carbonyl (C=O) groups excluding carboxylic acids is 1. The van der Waals surface area contributed by atoms with Crippen molar-refractivity contribution in [1.82, 2.24) is 10.1 Å². The number of rotatable bonds is 5. The van der Waals surface area contributed by atoms with Gasteiger partial charge in [0.15, 0.2) is 5.76 Å². The van der Waals surface area contributed by atoms with Gasteiger partial charge in [-0.1, -0.05) is 25.9 Å². The molecule has 2 aromatic heterocycles. The number of nitrogens with zero attached hydrogens (tertiary/aromatic N) is 2. The van der Waals surface area contributed by atoms with E-state index in [1.54, 1.807) is 6.07 Å². The molecule has 142 valence electrons. The minimum Gasteiger partial charge on any atom is -0.455 e. The Morgan fingerprint density at radius 1 is 1.38 bits per heavy atom. The van der Waals surface area contributed by atoms with Crippen LogP contribution >= 0.6 is 0 Å². The Morgan fingerprint density at radius 2 is 2.12 bits per heavy atom. The molecule has 0 aromatic carbocycles. The maximum atomic E-state index is 11.5. The maximum absolute atomic E-state index is 11.5. The fraction of sp³-hybridized carbons (Fsp3) is 0.579. The Kier molecular flexibility index (Phi) is 4.94. The summed E-state index contributed by atoms with van der Waals surface area (Å²) in [6.07, 6.45) is 0.226. The van der Waals surface area contributed by atoms with Crippen LogP contribution in [0.15, 0.2) is 21.1 Å². The number of amides is 1. The van der Waals surface area contributed by atoms with Crippen molar-refractivity contribution < 1.29 is 18.8 Å². The van der Waals surface area contributed by atoms with Gasteiger partial charge >= 0.3 is 0 Å². The lowest BCUT2D eigenvalue weighted by molar-refractivity contribution is 0.0970. The number of carbonyl (C=O) groups is 1. The molecule has 1 aliphatic heterocycles. The molecule has 2 aromatic rings. The number of likely N-dealkylation sites (tertiary alicyclic amines) is 1. The second-order valence-electron chi connectivity index (χ2n) is 8.24. The van der Waals surface area contributed by atoms with E-state index in [1.807, 2.05) is 33.8 Å². The van der Waals surface area contributed by atoms with E-state index in [2.05, 4.69) is 10.1 Å². The molecule has 7 heteroatoms. The van der Waals surface area contributed by atoms with Crippen molar-refractivity contribution in [2.75, 3.05) is 13.1 Å². The summed E-state index contributed by atoms with van der Waals surface area (Å²) in [5.74, 6) is 1.25. The molecule has 0 unspecified atom stereocenters. The first-order valence-corrected chi connectivity index (χ1v) is 8.89. The molecule has 7 nitrogen and oxygen atoms in total. The number of β-amino-alcohol motifs (C(OH)–C–C–N with tert-alkyl or cyclic N) is 1. The van der Waals surface area contributed by atoms with E-state index in [1.165, 1.54) is 0 Å². The monoisotopic (exact) mass is 361 g/mol. The van der Waals surface area contributed by atoms with Gasteiger partial charge in [-0.3, -0.25) is 9.69 Å². The summed E-state index contributed by atoms with van der Waals surface area (Å²) in [5, 5.41) is 14.3. The van der Waals surface area contributed by atoms with Gasteiger partial charge in [-0.05, 0) is 13.0 Å². The number of aromatic nitrogens is 1. The zero-order valence-electron chi connectivity index (χ0n) is 15.8. The van der Waals surface area contributed by atoms with Gasteiger partial charge in [0.1, 0.15) is 11.5 Å². The molecule has 2 atom stereocenters. The van der Waals surface area contributed by atoms with Gasteiger partial charge in [-0.25, -0.2) is 0 Å². The second-order valence-corrected chi connectivity index (χ2v) is 8.24. The number of furan rings is 1. The second kappa shape index (κ2) is 6.89. The number of hydrogen-bond acceptors (Lipinski definition) is 6. The zero-order chi connectivity index (χ0) is 19.1. The van der Waals surface area contributed by atoms with Crippen LogP contribution in [0.25, 0.3) is 0 Å². The Morgan fingerprint density at radius 3 is 2.69 bits per heavy atom. The molecule has 1 amide bonds. The highest BCUT2D eigenvalue weighted by Crippen LogP contribution is 2.31. The third kappa shape index (κ3) is 3.99. The standard InChI is InChI=1S/C19H27N3O4/c1-11-5-14(26-21-11)6-12-8-22(10-15(12)23)9-13-7-16(18(20)24)25-17(13)19(2,3)4/h5,7,12,15,23H,6,8-10H2,1-4H3,(H2,20,24)/t12-,15+/m1/s1. The molecular weight excluding hydrogens is 334 g/mol. The molecule has 3 heterocycles. The highest BCUT2D eigenvalue weighted by Gasteiger charge is 2.34. The maximum Gasteiger partial charge on any atom is 0.284 e. The predicted octanol–water partition coefficient (Wildman–Crippen LogP) is 2.01. The van der Waals surface area contributed by atoms with Crippen molar-refractivity contribution in [3.63, 3.8) is 0 Å². The number of nitrogens with two attached hydrogens (primary N) is 1. The summed E-state index contributed by atoms with van der Waals surface area (Å²) >= 11 is 0. The highest BCUT2D eigenvalue weighted by atomic mass is 16.5. The fourth-order valence-corrected chi connectivity index (χ4v) is 3.59. The van der Waals surface area contributed by atoms with E-state index in [9.17, 15) is 9.90 Å². The molecule has 0 spiro atoms. The van der Waals surface area contributed by atoms with Gasteiger partial charge in [0, 0.05) is 49.0 Å². The normalized spacial score (nSPS) is 21.4. The summed E-state index contributed by atoms with van der Waals surface area (Å²) < 4.78 is 11.0. The van der Waals surface area contributed by atoms with Crippen LogP contribution in [-0.4, -0.2) is 40.3 Å². The molecule has 0 radical (unpaired) electrons. The lowest BCUT2D eigenvalue weighted by Crippen LogP contribution is -2.23. The Bertz CT molecular complexity index is 787. The van der Waals surface area contributed by atoms with Crippen molar-refractivity contribution in [2.24, 2.45) is 11.7 Å². The molecule has 1 saturated heterocycles. The molecule has 0 aliphatic carbocycles. The smallest absolute Gasteiger partial charge is 0.284 e. The van der Waals surface area contributed by atoms with E-state index >= 15 is 0 Å². The minimum atomic E-state index is -0.568. The van der Waals surface area contributed by atoms with Gasteiger partial charge in [-0.15, -0.1) is 0 Å². The summed E-state index contributed by atoms with van der Waals surface area (Å²) in [4.78, 5) is 13.7. The van der Waals surface area contributed by atoms with Gasteiger partial charge in [-0.2, -0.15) is 0 Å². The number of primary amides is 1. The third-order valence-electron chi connectivity index (χ3n) is 4.75. The first-order valence-electron chi connectivity index (χ1n) is 8.89. The van der Waals surface area contributed by atoms with Crippen molar-refractivity contribution in [2.45, 2.75) is 52.2 Å².